The topological polar surface area (TPSA) is 113 Å². The van der Waals surface area contributed by atoms with Crippen LogP contribution in [0.1, 0.15) is 48.1 Å². The number of hydrogen-bond donors (Lipinski definition) is 1. The number of likely N-dealkylation sites (N-methyl/N-ethyl adjacent to an activating group) is 1. The molecule has 2 saturated heterocycles. The van der Waals surface area contributed by atoms with Gasteiger partial charge in [-0.15, -0.1) is 0 Å². The maximum atomic E-state index is 10.1. The second kappa shape index (κ2) is 14.7. The van der Waals surface area contributed by atoms with Gasteiger partial charge in [-0.25, -0.2) is 9.98 Å². The van der Waals surface area contributed by atoms with Gasteiger partial charge in [0.2, 0.25) is 0 Å². The van der Waals surface area contributed by atoms with E-state index in [1.165, 1.54) is 34.0 Å². The van der Waals surface area contributed by atoms with Gasteiger partial charge in [0, 0.05) is 60.2 Å². The molecule has 1 N–H and O–H groups in total. The fourth-order valence-corrected chi connectivity index (χ4v) is 7.63. The van der Waals surface area contributed by atoms with E-state index in [4.69, 9.17) is 14.7 Å². The van der Waals surface area contributed by atoms with Gasteiger partial charge in [0.05, 0.1) is 36.9 Å². The minimum absolute atomic E-state index is 0.00690. The molecule has 0 saturated carbocycles. The van der Waals surface area contributed by atoms with Crippen LogP contribution in [0.4, 0.5) is 11.5 Å². The molecule has 3 atom stereocenters. The lowest BCUT2D eigenvalue weighted by molar-refractivity contribution is 0.187. The van der Waals surface area contributed by atoms with Crippen LogP contribution in [0.5, 0.6) is 11.8 Å². The zero-order chi connectivity index (χ0) is 33.7. The minimum Gasteiger partial charge on any atom is -0.508 e. The average Bonchev–Trinajstić information content (AvgIpc) is 3.54. The molecule has 10 nitrogen and oxygen atoms in total. The number of para-hydroxylation sites is 1. The van der Waals surface area contributed by atoms with Gasteiger partial charge >= 0.3 is 6.01 Å². The van der Waals surface area contributed by atoms with E-state index in [0.29, 0.717) is 44.7 Å². The number of fused-ring (bicyclic) bond motifs is 2. The first-order chi connectivity index (χ1) is 24.0. The summed E-state index contributed by atoms with van der Waals surface area (Å²) in [6.07, 6.45) is 4.25. The molecule has 0 amide bonds. The highest BCUT2D eigenvalue weighted by atomic mass is 16.5. The number of nitriles is 1. The molecule has 4 aromatic rings. The van der Waals surface area contributed by atoms with Crippen molar-refractivity contribution in [1.29, 1.82) is 5.26 Å². The number of aromatic hydroxyl groups is 1. The Morgan fingerprint density at radius 2 is 1.86 bits per heavy atom. The molecule has 0 aliphatic carbocycles. The molecule has 252 valence electrons. The molecule has 4 heterocycles. The number of likely N-dealkylation sites (tertiary alicyclic amines) is 1. The normalized spacial score (nSPS) is 20.8. The molecule has 0 radical (unpaired) electrons. The number of hydrogen-bond acceptors (Lipinski definition) is 10. The summed E-state index contributed by atoms with van der Waals surface area (Å²) in [6.45, 7) is 7.07. The monoisotopic (exact) mass is 656 g/mol. The van der Waals surface area contributed by atoms with Gasteiger partial charge in [-0.3, -0.25) is 0 Å². The molecule has 10 heteroatoms. The van der Waals surface area contributed by atoms with E-state index in [1.54, 1.807) is 12.1 Å². The molecule has 3 aliphatic heterocycles. The molecule has 3 aromatic carbocycles. The molecule has 0 bridgehead atoms. The highest BCUT2D eigenvalue weighted by Crippen LogP contribution is 2.37. The Hall–Kier alpha value is -4.97. The van der Waals surface area contributed by atoms with E-state index in [-0.39, 0.29) is 17.7 Å². The minimum atomic E-state index is -0.0691. The number of phenolic OH excluding ortho intramolecular Hbond substituents is 1. The van der Waals surface area contributed by atoms with Crippen molar-refractivity contribution >= 4 is 28.3 Å². The lowest BCUT2D eigenvalue weighted by atomic mass is 9.89. The van der Waals surface area contributed by atoms with Crippen molar-refractivity contribution in [1.82, 2.24) is 14.9 Å². The standard InChI is InChI=1S/C39H44N8O2/c1-27-8-5-10-28-11-6-13-35(37(27)28)46-20-16-32-34(24-46)43-39(49-25-31-12-7-19-45(31)2)44-38(32)47-21-17-33(30(23-47)15-18-40)42-26-41-22-29-9-3-4-14-36(29)48/h3-6,8-11,13-14,30-31,33,48H,7,12,15-17,19-25H2,1-2H3/t30-,31-,33-/m0/s1. The zero-order valence-corrected chi connectivity index (χ0v) is 28.4. The summed E-state index contributed by atoms with van der Waals surface area (Å²) in [5.74, 6) is 1.14. The number of phenols is 1. The Bertz CT molecular complexity index is 1910. The maximum absolute atomic E-state index is 10.1. The van der Waals surface area contributed by atoms with Gasteiger partial charge in [-0.05, 0) is 69.3 Å². The van der Waals surface area contributed by atoms with Crippen LogP contribution in [-0.4, -0.2) is 77.9 Å². The molecule has 7 rings (SSSR count). The Morgan fingerprint density at radius 1 is 1.00 bits per heavy atom. The van der Waals surface area contributed by atoms with Crippen LogP contribution in [0.3, 0.4) is 0 Å². The number of aliphatic imine (C=N–C) groups is 2. The van der Waals surface area contributed by atoms with Crippen LogP contribution in [-0.2, 0) is 19.5 Å². The van der Waals surface area contributed by atoms with E-state index in [2.05, 4.69) is 87.1 Å². The summed E-state index contributed by atoms with van der Waals surface area (Å²) in [6, 6.07) is 26.2. The fraction of sp³-hybridized carbons (Fsp3) is 0.436. The summed E-state index contributed by atoms with van der Waals surface area (Å²) in [4.78, 5) is 26.3. The van der Waals surface area contributed by atoms with Crippen LogP contribution >= 0.6 is 0 Å². The van der Waals surface area contributed by atoms with Crippen LogP contribution in [0.2, 0.25) is 0 Å². The SMILES string of the molecule is Cc1cccc2cccc(N3CCc4c(nc(OC[C@@H]5CCCN5C)nc4N4CC[C@H](N=C=NCc5ccccc5O)[C@@H](CC#N)C4)C3)c12. The third-order valence-electron chi connectivity index (χ3n) is 10.4. The first-order valence-electron chi connectivity index (χ1n) is 17.4. The van der Waals surface area contributed by atoms with Crippen molar-refractivity contribution < 1.29 is 9.84 Å². The predicted molar refractivity (Wildman–Crippen MR) is 193 cm³/mol. The summed E-state index contributed by atoms with van der Waals surface area (Å²) >= 11 is 0. The predicted octanol–water partition coefficient (Wildman–Crippen LogP) is 6.16. The molecule has 49 heavy (non-hydrogen) atoms. The Balaban J connectivity index is 1.15. The number of piperidine rings is 1. The number of aromatic nitrogens is 2. The number of aryl methyl sites for hydroxylation is 1. The lowest BCUT2D eigenvalue weighted by Gasteiger charge is -2.39. The number of benzene rings is 3. The molecule has 0 spiro atoms. The van der Waals surface area contributed by atoms with Gasteiger partial charge in [0.1, 0.15) is 18.2 Å². The smallest absolute Gasteiger partial charge is 0.318 e. The highest BCUT2D eigenvalue weighted by Gasteiger charge is 2.33. The second-order valence-electron chi connectivity index (χ2n) is 13.6. The summed E-state index contributed by atoms with van der Waals surface area (Å²) in [7, 11) is 2.16. The average molecular weight is 657 g/mol. The van der Waals surface area contributed by atoms with Gasteiger partial charge in [-0.1, -0.05) is 48.5 Å². The first kappa shape index (κ1) is 32.6. The van der Waals surface area contributed by atoms with Gasteiger partial charge < -0.3 is 24.5 Å². The largest absolute Gasteiger partial charge is 0.508 e. The van der Waals surface area contributed by atoms with Gasteiger partial charge in [-0.2, -0.15) is 15.2 Å². The van der Waals surface area contributed by atoms with Crippen molar-refractivity contribution in [2.24, 2.45) is 15.9 Å². The van der Waals surface area contributed by atoms with Crippen LogP contribution in [0.25, 0.3) is 10.8 Å². The Kier molecular flexibility index (Phi) is 9.74. The van der Waals surface area contributed by atoms with E-state index in [1.807, 2.05) is 12.1 Å². The summed E-state index contributed by atoms with van der Waals surface area (Å²) in [5, 5.41) is 22.4. The summed E-state index contributed by atoms with van der Waals surface area (Å²) < 4.78 is 6.37. The second-order valence-corrected chi connectivity index (χ2v) is 13.6. The zero-order valence-electron chi connectivity index (χ0n) is 28.4. The van der Waals surface area contributed by atoms with E-state index in [0.717, 1.165) is 56.0 Å². The lowest BCUT2D eigenvalue weighted by Crippen LogP contribution is -2.44. The van der Waals surface area contributed by atoms with E-state index >= 15 is 0 Å². The number of nitrogens with zero attached hydrogens (tertiary/aromatic N) is 8. The van der Waals surface area contributed by atoms with Gasteiger partial charge in [0.15, 0.2) is 0 Å². The summed E-state index contributed by atoms with van der Waals surface area (Å²) in [5.41, 5.74) is 5.40. The molecule has 2 fully saturated rings. The first-order valence-corrected chi connectivity index (χ1v) is 17.4. The quantitative estimate of drug-likeness (QED) is 0.213. The van der Waals surface area contributed by atoms with Crippen molar-refractivity contribution in [3.63, 3.8) is 0 Å². The third kappa shape index (κ3) is 7.10. The Labute approximate surface area is 288 Å². The molecule has 0 unspecified atom stereocenters. The van der Waals surface area contributed by atoms with Crippen molar-refractivity contribution in [2.45, 2.75) is 64.2 Å². The highest BCUT2D eigenvalue weighted by molar-refractivity contribution is 5.97. The molecular formula is C39H44N8O2. The van der Waals surface area contributed by atoms with Crippen molar-refractivity contribution in [3.05, 3.63) is 83.0 Å². The molecular weight excluding hydrogens is 612 g/mol. The third-order valence-corrected chi connectivity index (χ3v) is 10.4. The van der Waals surface area contributed by atoms with Crippen LogP contribution in [0.15, 0.2) is 70.6 Å². The number of ether oxygens (including phenoxy) is 1. The molecule has 3 aliphatic rings. The number of rotatable bonds is 9. The Morgan fingerprint density at radius 3 is 2.67 bits per heavy atom. The van der Waals surface area contributed by atoms with E-state index < -0.39 is 0 Å². The molecule has 1 aromatic heterocycles. The maximum Gasteiger partial charge on any atom is 0.318 e. The van der Waals surface area contributed by atoms with Gasteiger partial charge in [0.25, 0.3) is 0 Å². The fourth-order valence-electron chi connectivity index (χ4n) is 7.63. The number of anilines is 2. The van der Waals surface area contributed by atoms with Crippen LogP contribution < -0.4 is 14.5 Å². The van der Waals surface area contributed by atoms with E-state index in [9.17, 15) is 10.4 Å². The van der Waals surface area contributed by atoms with Crippen molar-refractivity contribution in [3.8, 4) is 17.8 Å². The van der Waals surface area contributed by atoms with Crippen molar-refractivity contribution in [2.75, 3.05) is 49.6 Å². The van der Waals surface area contributed by atoms with Crippen LogP contribution in [0, 0.1) is 24.2 Å².